The number of fused-ring (bicyclic) bond motifs is 1. The van der Waals surface area contributed by atoms with Gasteiger partial charge >= 0.3 is 5.97 Å². The molecule has 0 spiro atoms. The molecule has 0 amide bonds. The average molecular weight is 220 g/mol. The van der Waals surface area contributed by atoms with Crippen molar-refractivity contribution >= 4 is 16.9 Å². The topological polar surface area (TPSA) is 48.7 Å². The van der Waals surface area contributed by atoms with Gasteiger partial charge < -0.3 is 13.9 Å². The molecule has 0 saturated heterocycles. The fraction of sp³-hybridized carbons (Fsp3) is 0.250. The van der Waals surface area contributed by atoms with Crippen molar-refractivity contribution in [3.05, 3.63) is 24.0 Å². The van der Waals surface area contributed by atoms with Crippen LogP contribution in [0.1, 0.15) is 12.5 Å². The third-order valence-electron chi connectivity index (χ3n) is 2.29. The van der Waals surface area contributed by atoms with Crippen LogP contribution in [-0.2, 0) is 4.79 Å². The third-order valence-corrected chi connectivity index (χ3v) is 2.29. The van der Waals surface area contributed by atoms with Gasteiger partial charge in [-0.05, 0) is 12.5 Å². The Labute approximate surface area is 92.8 Å². The number of esters is 1. The van der Waals surface area contributed by atoms with E-state index in [9.17, 15) is 4.79 Å². The number of carbonyl (C=O) groups excluding carboxylic acids is 1. The maximum atomic E-state index is 11.0. The molecule has 1 heterocycles. The van der Waals surface area contributed by atoms with Crippen LogP contribution in [0.2, 0.25) is 0 Å². The number of ether oxygens (including phenoxy) is 2. The molecule has 0 N–H and O–H groups in total. The number of hydrogen-bond donors (Lipinski definition) is 0. The molecule has 0 radical (unpaired) electrons. The van der Waals surface area contributed by atoms with Gasteiger partial charge in [0.25, 0.3) is 0 Å². The summed E-state index contributed by atoms with van der Waals surface area (Å²) < 4.78 is 15.6. The van der Waals surface area contributed by atoms with Crippen molar-refractivity contribution in [3.63, 3.8) is 0 Å². The van der Waals surface area contributed by atoms with Crippen LogP contribution in [0.3, 0.4) is 0 Å². The van der Waals surface area contributed by atoms with Crippen molar-refractivity contribution in [2.75, 3.05) is 7.11 Å². The molecule has 0 atom stereocenters. The highest BCUT2D eigenvalue weighted by Crippen LogP contribution is 2.34. The molecule has 2 rings (SSSR count). The normalized spacial score (nSPS) is 10.4. The lowest BCUT2D eigenvalue weighted by Gasteiger charge is -2.06. The largest absolute Gasteiger partial charge is 0.496 e. The first-order valence-corrected chi connectivity index (χ1v) is 4.86. The Hall–Kier alpha value is -1.97. The molecule has 2 aromatic rings. The predicted octanol–water partition coefficient (Wildman–Crippen LogP) is 2.68. The second-order valence-corrected chi connectivity index (χ2v) is 3.51. The summed E-state index contributed by atoms with van der Waals surface area (Å²) in [5.74, 6) is 0.696. The summed E-state index contributed by atoms with van der Waals surface area (Å²) in [5, 5.41) is 0.802. The Bertz CT molecular complexity index is 539. The first-order chi connectivity index (χ1) is 7.61. The van der Waals surface area contributed by atoms with E-state index in [1.165, 1.54) is 6.92 Å². The van der Waals surface area contributed by atoms with E-state index in [1.54, 1.807) is 25.5 Å². The van der Waals surface area contributed by atoms with Crippen LogP contribution in [0.25, 0.3) is 11.0 Å². The highest BCUT2D eigenvalue weighted by Gasteiger charge is 2.13. The fourth-order valence-corrected chi connectivity index (χ4v) is 1.61. The van der Waals surface area contributed by atoms with E-state index in [4.69, 9.17) is 13.9 Å². The predicted molar refractivity (Wildman–Crippen MR) is 58.8 cm³/mol. The van der Waals surface area contributed by atoms with Crippen LogP contribution in [0, 0.1) is 6.92 Å². The average Bonchev–Trinajstić information content (AvgIpc) is 2.59. The van der Waals surface area contributed by atoms with Crippen LogP contribution in [0.5, 0.6) is 11.5 Å². The lowest BCUT2D eigenvalue weighted by Crippen LogP contribution is -2.02. The van der Waals surface area contributed by atoms with Crippen molar-refractivity contribution in [2.24, 2.45) is 0 Å². The summed E-state index contributed by atoms with van der Waals surface area (Å²) in [4.78, 5) is 11.0. The molecule has 1 aromatic carbocycles. The summed E-state index contributed by atoms with van der Waals surface area (Å²) in [6.07, 6.45) is 1.62. The van der Waals surface area contributed by atoms with Crippen LogP contribution >= 0.6 is 0 Å². The maximum absolute atomic E-state index is 11.0. The highest BCUT2D eigenvalue weighted by molar-refractivity contribution is 5.90. The number of aryl methyl sites for hydroxylation is 1. The lowest BCUT2D eigenvalue weighted by atomic mass is 10.1. The molecule has 0 aliphatic rings. The van der Waals surface area contributed by atoms with Crippen molar-refractivity contribution in [1.82, 2.24) is 0 Å². The molecule has 16 heavy (non-hydrogen) atoms. The summed E-state index contributed by atoms with van der Waals surface area (Å²) in [7, 11) is 1.55. The van der Waals surface area contributed by atoms with E-state index in [0.717, 1.165) is 10.9 Å². The Morgan fingerprint density at radius 1 is 1.38 bits per heavy atom. The summed E-state index contributed by atoms with van der Waals surface area (Å²) in [6, 6.07) is 3.43. The number of furan rings is 1. The minimum Gasteiger partial charge on any atom is -0.496 e. The third kappa shape index (κ3) is 1.74. The van der Waals surface area contributed by atoms with E-state index >= 15 is 0 Å². The zero-order valence-electron chi connectivity index (χ0n) is 9.37. The smallest absolute Gasteiger partial charge is 0.308 e. The van der Waals surface area contributed by atoms with Gasteiger partial charge in [0.1, 0.15) is 17.1 Å². The van der Waals surface area contributed by atoms with Gasteiger partial charge in [-0.25, -0.2) is 0 Å². The van der Waals surface area contributed by atoms with Gasteiger partial charge in [0.05, 0.1) is 18.8 Å². The van der Waals surface area contributed by atoms with Crippen LogP contribution in [0.15, 0.2) is 22.8 Å². The van der Waals surface area contributed by atoms with E-state index in [2.05, 4.69) is 0 Å². The summed E-state index contributed by atoms with van der Waals surface area (Å²) in [5.41, 5.74) is 1.57. The molecule has 4 nitrogen and oxygen atoms in total. The molecule has 0 aliphatic heterocycles. The van der Waals surface area contributed by atoms with Gasteiger partial charge in [0.2, 0.25) is 0 Å². The number of carbonyl (C=O) groups is 1. The number of benzene rings is 1. The maximum Gasteiger partial charge on any atom is 0.308 e. The SMILES string of the molecule is COc1cc(OC(C)=O)c2c(C)coc2c1. The first-order valence-electron chi connectivity index (χ1n) is 4.86. The molecule has 1 aromatic heterocycles. The molecule has 84 valence electrons. The van der Waals surface area contributed by atoms with E-state index < -0.39 is 0 Å². The van der Waals surface area contributed by atoms with Crippen molar-refractivity contribution in [2.45, 2.75) is 13.8 Å². The Balaban J connectivity index is 2.66. The van der Waals surface area contributed by atoms with Gasteiger partial charge in [0.15, 0.2) is 0 Å². The summed E-state index contributed by atoms with van der Waals surface area (Å²) >= 11 is 0. The zero-order chi connectivity index (χ0) is 11.7. The fourth-order valence-electron chi connectivity index (χ4n) is 1.61. The van der Waals surface area contributed by atoms with Crippen molar-refractivity contribution in [1.29, 1.82) is 0 Å². The quantitative estimate of drug-likeness (QED) is 0.576. The Morgan fingerprint density at radius 2 is 2.12 bits per heavy atom. The van der Waals surface area contributed by atoms with Crippen molar-refractivity contribution < 1.29 is 18.7 Å². The molecule has 0 bridgehead atoms. The number of methoxy groups -OCH3 is 1. The standard InChI is InChI=1S/C12H12O4/c1-7-6-15-10-4-9(14-3)5-11(12(7)10)16-8(2)13/h4-6H,1-3H3. The van der Waals surface area contributed by atoms with Gasteiger partial charge in [0, 0.05) is 19.1 Å². The van der Waals surface area contributed by atoms with Gasteiger partial charge in [-0.3, -0.25) is 4.79 Å². The van der Waals surface area contributed by atoms with Gasteiger partial charge in [-0.1, -0.05) is 0 Å². The molecule has 0 aliphatic carbocycles. The van der Waals surface area contributed by atoms with Crippen LogP contribution < -0.4 is 9.47 Å². The molecule has 0 fully saturated rings. The molecule has 4 heteroatoms. The number of hydrogen-bond acceptors (Lipinski definition) is 4. The van der Waals surface area contributed by atoms with Gasteiger partial charge in [-0.15, -0.1) is 0 Å². The van der Waals surface area contributed by atoms with E-state index in [0.29, 0.717) is 17.1 Å². The Kier molecular flexibility index (Phi) is 2.56. The molecule has 0 unspecified atom stereocenters. The van der Waals surface area contributed by atoms with Crippen LogP contribution in [0.4, 0.5) is 0 Å². The monoisotopic (exact) mass is 220 g/mol. The van der Waals surface area contributed by atoms with E-state index in [-0.39, 0.29) is 5.97 Å². The van der Waals surface area contributed by atoms with Crippen molar-refractivity contribution in [3.8, 4) is 11.5 Å². The molecular weight excluding hydrogens is 208 g/mol. The minimum atomic E-state index is -0.366. The van der Waals surface area contributed by atoms with Crippen LogP contribution in [-0.4, -0.2) is 13.1 Å². The highest BCUT2D eigenvalue weighted by atomic mass is 16.5. The van der Waals surface area contributed by atoms with E-state index in [1.807, 2.05) is 6.92 Å². The Morgan fingerprint density at radius 3 is 2.75 bits per heavy atom. The summed E-state index contributed by atoms with van der Waals surface area (Å²) in [6.45, 7) is 3.26. The second kappa shape index (κ2) is 3.89. The lowest BCUT2D eigenvalue weighted by molar-refractivity contribution is -0.131. The number of rotatable bonds is 2. The minimum absolute atomic E-state index is 0.366. The second-order valence-electron chi connectivity index (χ2n) is 3.51. The molecule has 0 saturated carbocycles. The molecular formula is C12H12O4. The van der Waals surface area contributed by atoms with Gasteiger partial charge in [-0.2, -0.15) is 0 Å². The first kappa shape index (κ1) is 10.5. The zero-order valence-corrected chi connectivity index (χ0v) is 9.37.